The van der Waals surface area contributed by atoms with Crippen molar-refractivity contribution in [2.45, 2.75) is 31.8 Å². The van der Waals surface area contributed by atoms with Crippen LogP contribution in [0.15, 0.2) is 97.3 Å². The van der Waals surface area contributed by atoms with Crippen molar-refractivity contribution in [1.82, 2.24) is 19.8 Å². The van der Waals surface area contributed by atoms with Gasteiger partial charge in [0.25, 0.3) is 0 Å². The number of rotatable bonds is 8. The van der Waals surface area contributed by atoms with E-state index in [9.17, 15) is 4.79 Å². The summed E-state index contributed by atoms with van der Waals surface area (Å²) in [6.45, 7) is 2.57. The molecule has 0 radical (unpaired) electrons. The highest BCUT2D eigenvalue weighted by molar-refractivity contribution is 7.80. The number of thiocarbonyl (C=S) groups is 1. The molecule has 36 heavy (non-hydrogen) atoms. The molecule has 1 fully saturated rings. The Morgan fingerprint density at radius 2 is 1.78 bits per heavy atom. The van der Waals surface area contributed by atoms with Gasteiger partial charge in [0.1, 0.15) is 0 Å². The molecule has 1 saturated heterocycles. The fraction of sp³-hybridized carbons (Fsp3) is 0.207. The molecule has 2 N–H and O–H groups in total. The number of carbonyl (C=O) groups excluding carboxylic acids is 1. The Morgan fingerprint density at radius 3 is 2.56 bits per heavy atom. The third-order valence-electron chi connectivity index (χ3n) is 6.57. The molecule has 182 valence electrons. The van der Waals surface area contributed by atoms with Gasteiger partial charge in [-0.1, -0.05) is 49.4 Å². The van der Waals surface area contributed by atoms with E-state index in [0.29, 0.717) is 18.1 Å². The topological polar surface area (TPSA) is 62.2 Å². The molecule has 4 aromatic rings. The fourth-order valence-electron chi connectivity index (χ4n) is 4.81. The van der Waals surface area contributed by atoms with Crippen molar-refractivity contribution in [1.29, 1.82) is 0 Å². The number of nitrogens with zero attached hydrogens (tertiary/aromatic N) is 3. The maximum Gasteiger partial charge on any atom is 0.226 e. The Morgan fingerprint density at radius 1 is 1.00 bits per heavy atom. The molecule has 0 spiro atoms. The number of anilines is 1. The number of aryl methyl sites for hydroxylation is 1. The van der Waals surface area contributed by atoms with Crippen molar-refractivity contribution in [3.8, 4) is 5.69 Å². The summed E-state index contributed by atoms with van der Waals surface area (Å²) in [5.74, 6) is -0.0304. The van der Waals surface area contributed by atoms with Crippen LogP contribution in [0, 0.1) is 0 Å². The van der Waals surface area contributed by atoms with Crippen molar-refractivity contribution < 1.29 is 4.79 Å². The van der Waals surface area contributed by atoms with Gasteiger partial charge in [-0.05, 0) is 66.7 Å². The van der Waals surface area contributed by atoms with Crippen LogP contribution in [0.25, 0.3) is 5.69 Å². The molecule has 0 bridgehead atoms. The second-order valence-corrected chi connectivity index (χ2v) is 9.15. The van der Waals surface area contributed by atoms with Crippen LogP contribution in [-0.4, -0.2) is 32.0 Å². The number of para-hydroxylation sites is 2. The molecule has 0 unspecified atom stereocenters. The summed E-state index contributed by atoms with van der Waals surface area (Å²) >= 11 is 5.80. The van der Waals surface area contributed by atoms with Crippen LogP contribution in [0.4, 0.5) is 5.69 Å². The molecule has 6 nitrogen and oxygen atoms in total. The van der Waals surface area contributed by atoms with E-state index in [2.05, 4.69) is 56.4 Å². The molecule has 2 atom stereocenters. The van der Waals surface area contributed by atoms with Gasteiger partial charge >= 0.3 is 0 Å². The second kappa shape index (κ2) is 10.7. The Hall–Kier alpha value is -3.97. The summed E-state index contributed by atoms with van der Waals surface area (Å²) in [5.41, 5.74) is 5.06. The van der Waals surface area contributed by atoms with Crippen molar-refractivity contribution >= 4 is 28.9 Å². The molecule has 5 rings (SSSR count). The van der Waals surface area contributed by atoms with Gasteiger partial charge in [-0.15, -0.1) is 0 Å². The predicted molar refractivity (Wildman–Crippen MR) is 147 cm³/mol. The lowest BCUT2D eigenvalue weighted by molar-refractivity contribution is -0.116. The van der Waals surface area contributed by atoms with E-state index in [0.717, 1.165) is 34.7 Å². The van der Waals surface area contributed by atoms with Gasteiger partial charge in [-0.2, -0.15) is 0 Å². The van der Waals surface area contributed by atoms with Crippen molar-refractivity contribution in [3.05, 3.63) is 114 Å². The molecule has 2 aromatic heterocycles. The second-order valence-electron chi connectivity index (χ2n) is 8.77. The molecule has 2 aromatic carbocycles. The average molecular weight is 496 g/mol. The lowest BCUT2D eigenvalue weighted by Gasteiger charge is -2.29. The molecule has 7 heteroatoms. The smallest absolute Gasteiger partial charge is 0.226 e. The molecule has 1 aliphatic rings. The first kappa shape index (κ1) is 23.8. The zero-order valence-corrected chi connectivity index (χ0v) is 21.0. The normalized spacial score (nSPS) is 17.1. The van der Waals surface area contributed by atoms with Crippen LogP contribution in [0.2, 0.25) is 0 Å². The summed E-state index contributed by atoms with van der Waals surface area (Å²) < 4.78 is 2.18. The van der Waals surface area contributed by atoms with Crippen LogP contribution in [0.5, 0.6) is 0 Å². The molecule has 1 aliphatic heterocycles. The summed E-state index contributed by atoms with van der Waals surface area (Å²) in [5, 5.41) is 7.19. The van der Waals surface area contributed by atoms with Crippen LogP contribution in [-0.2, 0) is 11.2 Å². The Labute approximate surface area is 217 Å². The number of hydrogen-bond donors (Lipinski definition) is 2. The molecule has 3 heterocycles. The standard InChI is InChI=1S/C29H29N5OS/c1-2-21-11-6-7-14-23(21)31-26(35)17-20-34-28(27(32-29(34)36)24-15-8-9-18-30-24)25-16-10-19-33(25)22-12-4-3-5-13-22/h3-16,18-19,27-28H,2,17,20H2,1H3,(H,31,35)(H,32,36)/t27-,28+/m1/s1. The van der Waals surface area contributed by atoms with Crippen molar-refractivity contribution in [3.63, 3.8) is 0 Å². The number of amides is 1. The van der Waals surface area contributed by atoms with Crippen molar-refractivity contribution in [2.24, 2.45) is 0 Å². The monoisotopic (exact) mass is 495 g/mol. The highest BCUT2D eigenvalue weighted by Crippen LogP contribution is 2.39. The van der Waals surface area contributed by atoms with Gasteiger partial charge < -0.3 is 20.1 Å². The summed E-state index contributed by atoms with van der Waals surface area (Å²) in [4.78, 5) is 19.7. The van der Waals surface area contributed by atoms with E-state index in [4.69, 9.17) is 12.2 Å². The van der Waals surface area contributed by atoms with Gasteiger partial charge in [0.05, 0.1) is 17.8 Å². The minimum Gasteiger partial charge on any atom is -0.352 e. The maximum atomic E-state index is 13.0. The van der Waals surface area contributed by atoms with Crippen LogP contribution < -0.4 is 10.6 Å². The third-order valence-corrected chi connectivity index (χ3v) is 6.92. The Balaban J connectivity index is 1.43. The SMILES string of the molecule is CCc1ccccc1NC(=O)CCN1C(=S)N[C@H](c2ccccn2)[C@@H]1c1cccn1-c1ccccc1. The highest BCUT2D eigenvalue weighted by Gasteiger charge is 2.41. The van der Waals surface area contributed by atoms with Gasteiger partial charge in [0.2, 0.25) is 5.91 Å². The fourth-order valence-corrected chi connectivity index (χ4v) is 5.14. The van der Waals surface area contributed by atoms with Gasteiger partial charge in [0.15, 0.2) is 5.11 Å². The summed E-state index contributed by atoms with van der Waals surface area (Å²) in [6, 6.07) is 28.0. The van der Waals surface area contributed by atoms with Crippen LogP contribution >= 0.6 is 12.2 Å². The molecular weight excluding hydrogens is 466 g/mol. The van der Waals surface area contributed by atoms with Crippen LogP contribution in [0.3, 0.4) is 0 Å². The number of aromatic nitrogens is 2. The lowest BCUT2D eigenvalue weighted by Crippen LogP contribution is -2.33. The van der Waals surface area contributed by atoms with Gasteiger partial charge in [-0.25, -0.2) is 0 Å². The largest absolute Gasteiger partial charge is 0.352 e. The maximum absolute atomic E-state index is 13.0. The highest BCUT2D eigenvalue weighted by atomic mass is 32.1. The number of benzene rings is 2. The minimum absolute atomic E-state index is 0.0304. The van der Waals surface area contributed by atoms with Gasteiger partial charge in [0, 0.05) is 42.4 Å². The van der Waals surface area contributed by atoms with E-state index >= 15 is 0 Å². The first-order valence-corrected chi connectivity index (χ1v) is 12.6. The summed E-state index contributed by atoms with van der Waals surface area (Å²) in [6.07, 6.45) is 5.04. The molecular formula is C29H29N5OS. The number of pyridine rings is 1. The number of nitrogens with one attached hydrogen (secondary N) is 2. The predicted octanol–water partition coefficient (Wildman–Crippen LogP) is 5.44. The van der Waals surface area contributed by atoms with E-state index < -0.39 is 0 Å². The summed E-state index contributed by atoms with van der Waals surface area (Å²) in [7, 11) is 0. The number of hydrogen-bond acceptors (Lipinski definition) is 3. The van der Waals surface area contributed by atoms with E-state index in [1.165, 1.54) is 0 Å². The first-order valence-electron chi connectivity index (χ1n) is 12.2. The Kier molecular flexibility index (Phi) is 7.09. The minimum atomic E-state index is -0.139. The first-order chi connectivity index (χ1) is 17.7. The number of carbonyl (C=O) groups is 1. The Bertz CT molecular complexity index is 1340. The van der Waals surface area contributed by atoms with Crippen LogP contribution in [0.1, 0.15) is 42.4 Å². The third kappa shape index (κ3) is 4.88. The van der Waals surface area contributed by atoms with Crippen molar-refractivity contribution in [2.75, 3.05) is 11.9 Å². The van der Waals surface area contributed by atoms with E-state index in [1.54, 1.807) is 6.20 Å². The zero-order valence-electron chi connectivity index (χ0n) is 20.2. The molecule has 0 aliphatic carbocycles. The zero-order chi connectivity index (χ0) is 24.9. The average Bonchev–Trinajstić information content (AvgIpc) is 3.53. The molecule has 1 amide bonds. The van der Waals surface area contributed by atoms with E-state index in [1.807, 2.05) is 66.7 Å². The van der Waals surface area contributed by atoms with Gasteiger partial charge in [-0.3, -0.25) is 9.78 Å². The quantitative estimate of drug-likeness (QED) is 0.319. The lowest BCUT2D eigenvalue weighted by atomic mass is 10.0. The molecule has 0 saturated carbocycles. The van der Waals surface area contributed by atoms with E-state index in [-0.39, 0.29) is 18.0 Å².